The molecule has 3 aromatic rings. The lowest BCUT2D eigenvalue weighted by molar-refractivity contribution is 0.0342. The summed E-state index contributed by atoms with van der Waals surface area (Å²) in [5, 5.41) is 14.6. The van der Waals surface area contributed by atoms with E-state index in [-0.39, 0.29) is 6.10 Å². The number of morpholine rings is 1. The maximum atomic E-state index is 10.1. The molecule has 2 aliphatic rings. The van der Waals surface area contributed by atoms with Crippen LogP contribution in [0.15, 0.2) is 36.7 Å². The van der Waals surface area contributed by atoms with Gasteiger partial charge in [-0.25, -0.2) is 4.98 Å². The Hall–Kier alpha value is -2.48. The highest BCUT2D eigenvalue weighted by molar-refractivity contribution is 5.94. The minimum absolute atomic E-state index is 0.173. The molecular weight excluding hydrogens is 438 g/mol. The van der Waals surface area contributed by atoms with Gasteiger partial charge in [0, 0.05) is 55.1 Å². The third kappa shape index (κ3) is 5.68. The molecule has 1 saturated heterocycles. The van der Waals surface area contributed by atoms with Crippen LogP contribution in [0.1, 0.15) is 64.0 Å². The van der Waals surface area contributed by atoms with Crippen LogP contribution < -0.4 is 5.32 Å². The van der Waals surface area contributed by atoms with Gasteiger partial charge in [-0.05, 0) is 50.2 Å². The SMILES string of the molecule is CCC[C@H](C)Nc1ncc2c(-c3ccc(CN4CCOCC4)cc3)cn([C@H]3CC[C@H](O)CC3)c2n1. The van der Waals surface area contributed by atoms with Crippen LogP contribution in [0.3, 0.4) is 0 Å². The zero-order valence-electron chi connectivity index (χ0n) is 21.1. The zero-order valence-corrected chi connectivity index (χ0v) is 21.1. The van der Waals surface area contributed by atoms with Gasteiger partial charge < -0.3 is 19.7 Å². The molecule has 1 aromatic carbocycles. The van der Waals surface area contributed by atoms with Gasteiger partial charge in [0.15, 0.2) is 0 Å². The summed E-state index contributed by atoms with van der Waals surface area (Å²) in [7, 11) is 0. The van der Waals surface area contributed by atoms with E-state index in [1.54, 1.807) is 0 Å². The number of benzene rings is 1. The second-order valence-electron chi connectivity index (χ2n) is 10.3. The minimum Gasteiger partial charge on any atom is -0.393 e. The van der Waals surface area contributed by atoms with Gasteiger partial charge in [-0.1, -0.05) is 37.6 Å². The fourth-order valence-corrected chi connectivity index (χ4v) is 5.48. The van der Waals surface area contributed by atoms with E-state index in [1.165, 1.54) is 16.7 Å². The van der Waals surface area contributed by atoms with Gasteiger partial charge in [-0.15, -0.1) is 0 Å². The van der Waals surface area contributed by atoms with Crippen LogP contribution in [0, 0.1) is 0 Å². The molecule has 7 nitrogen and oxygen atoms in total. The molecule has 0 amide bonds. The molecule has 0 radical (unpaired) electrons. The van der Waals surface area contributed by atoms with Gasteiger partial charge in [-0.2, -0.15) is 4.98 Å². The standard InChI is InChI=1S/C28H39N5O2/c1-3-4-20(2)30-28-29-17-25-26(19-33(27(25)31-28)23-9-11-24(34)12-10-23)22-7-5-21(6-8-22)18-32-13-15-35-16-14-32/h5-8,17,19-20,23-24,34H,3-4,9-16,18H2,1-2H3,(H,29,30,31)/t20-,23-,24-/m0/s1. The van der Waals surface area contributed by atoms with E-state index >= 15 is 0 Å². The first kappa shape index (κ1) is 24.2. The number of fused-ring (bicyclic) bond motifs is 1. The molecule has 1 saturated carbocycles. The van der Waals surface area contributed by atoms with Gasteiger partial charge in [-0.3, -0.25) is 4.90 Å². The average Bonchev–Trinajstić information content (AvgIpc) is 3.24. The van der Waals surface area contributed by atoms with Crippen LogP contribution in [0.5, 0.6) is 0 Å². The van der Waals surface area contributed by atoms with Gasteiger partial charge in [0.2, 0.25) is 5.95 Å². The highest BCUT2D eigenvalue weighted by Crippen LogP contribution is 2.36. The lowest BCUT2D eigenvalue weighted by atomic mass is 9.93. The molecule has 0 bridgehead atoms. The number of hydrogen-bond donors (Lipinski definition) is 2. The van der Waals surface area contributed by atoms with E-state index in [9.17, 15) is 5.11 Å². The Kier molecular flexibility index (Phi) is 7.66. The monoisotopic (exact) mass is 477 g/mol. The summed E-state index contributed by atoms with van der Waals surface area (Å²) in [4.78, 5) is 12.1. The summed E-state index contributed by atoms with van der Waals surface area (Å²) >= 11 is 0. The summed E-state index contributed by atoms with van der Waals surface area (Å²) in [6, 6.07) is 9.64. The maximum absolute atomic E-state index is 10.1. The predicted octanol–water partition coefficient (Wildman–Crippen LogP) is 5.01. The van der Waals surface area contributed by atoms with Crippen molar-refractivity contribution in [2.24, 2.45) is 0 Å². The molecule has 7 heteroatoms. The second kappa shape index (κ2) is 11.1. The third-order valence-electron chi connectivity index (χ3n) is 7.50. The van der Waals surface area contributed by atoms with Crippen LogP contribution in [0.4, 0.5) is 5.95 Å². The summed E-state index contributed by atoms with van der Waals surface area (Å²) in [6.07, 6.45) is 9.93. The van der Waals surface area contributed by atoms with Crippen molar-refractivity contribution in [3.63, 3.8) is 0 Å². The number of nitrogens with one attached hydrogen (secondary N) is 1. The first-order valence-electron chi connectivity index (χ1n) is 13.3. The first-order chi connectivity index (χ1) is 17.1. The lowest BCUT2D eigenvalue weighted by Gasteiger charge is -2.27. The first-order valence-corrected chi connectivity index (χ1v) is 13.3. The molecular formula is C28H39N5O2. The third-order valence-corrected chi connectivity index (χ3v) is 7.50. The van der Waals surface area contributed by atoms with Crippen molar-refractivity contribution in [3.05, 3.63) is 42.2 Å². The summed E-state index contributed by atoms with van der Waals surface area (Å²) in [5.41, 5.74) is 4.68. The zero-order chi connectivity index (χ0) is 24.2. The number of aromatic nitrogens is 3. The molecule has 0 spiro atoms. The predicted molar refractivity (Wildman–Crippen MR) is 141 cm³/mol. The summed E-state index contributed by atoms with van der Waals surface area (Å²) in [6.45, 7) is 8.98. The Balaban J connectivity index is 1.45. The van der Waals surface area contributed by atoms with Crippen LogP contribution in [-0.4, -0.2) is 63.0 Å². The van der Waals surface area contributed by atoms with Crippen LogP contribution in [-0.2, 0) is 11.3 Å². The normalized spacial score (nSPS) is 22.4. The van der Waals surface area contributed by atoms with Crippen LogP contribution in [0.2, 0.25) is 0 Å². The number of aliphatic hydroxyl groups excluding tert-OH is 1. The number of hydrogen-bond acceptors (Lipinski definition) is 6. The van der Waals surface area contributed by atoms with Gasteiger partial charge >= 0.3 is 0 Å². The fourth-order valence-electron chi connectivity index (χ4n) is 5.48. The molecule has 35 heavy (non-hydrogen) atoms. The lowest BCUT2D eigenvalue weighted by Crippen LogP contribution is -2.35. The number of ether oxygens (including phenoxy) is 1. The molecule has 1 atom stereocenters. The van der Waals surface area contributed by atoms with Crippen LogP contribution in [0.25, 0.3) is 22.2 Å². The molecule has 188 valence electrons. The quantitative estimate of drug-likeness (QED) is 0.475. The number of aliphatic hydroxyl groups is 1. The Morgan fingerprint density at radius 1 is 1.11 bits per heavy atom. The number of nitrogens with zero attached hydrogens (tertiary/aromatic N) is 4. The second-order valence-corrected chi connectivity index (χ2v) is 10.3. The highest BCUT2D eigenvalue weighted by atomic mass is 16.5. The average molecular weight is 478 g/mol. The Labute approximate surface area is 208 Å². The largest absolute Gasteiger partial charge is 0.393 e. The van der Waals surface area contributed by atoms with E-state index in [2.05, 4.69) is 64.1 Å². The van der Waals surface area contributed by atoms with E-state index in [0.717, 1.165) is 82.4 Å². The van der Waals surface area contributed by atoms with Gasteiger partial charge in [0.05, 0.1) is 19.3 Å². The number of anilines is 1. The van der Waals surface area contributed by atoms with Gasteiger partial charge in [0.1, 0.15) is 5.65 Å². The Bertz CT molecular complexity index is 1100. The Morgan fingerprint density at radius 3 is 2.57 bits per heavy atom. The van der Waals surface area contributed by atoms with E-state index in [4.69, 9.17) is 9.72 Å². The molecule has 1 aliphatic heterocycles. The minimum atomic E-state index is -0.173. The van der Waals surface area contributed by atoms with Crippen molar-refractivity contribution in [3.8, 4) is 11.1 Å². The molecule has 2 aromatic heterocycles. The molecule has 5 rings (SSSR count). The highest BCUT2D eigenvalue weighted by Gasteiger charge is 2.24. The molecule has 2 N–H and O–H groups in total. The summed E-state index contributed by atoms with van der Waals surface area (Å²) < 4.78 is 7.82. The smallest absolute Gasteiger partial charge is 0.224 e. The molecule has 0 unspecified atom stereocenters. The fraction of sp³-hybridized carbons (Fsp3) is 0.571. The van der Waals surface area contributed by atoms with Gasteiger partial charge in [0.25, 0.3) is 0 Å². The van der Waals surface area contributed by atoms with Crippen LogP contribution >= 0.6 is 0 Å². The van der Waals surface area contributed by atoms with Crippen molar-refractivity contribution in [1.82, 2.24) is 19.4 Å². The topological polar surface area (TPSA) is 75.4 Å². The van der Waals surface area contributed by atoms with Crippen molar-refractivity contribution in [1.29, 1.82) is 0 Å². The Morgan fingerprint density at radius 2 is 1.86 bits per heavy atom. The molecule has 3 heterocycles. The van der Waals surface area contributed by atoms with Crippen molar-refractivity contribution >= 4 is 17.0 Å². The van der Waals surface area contributed by atoms with Crippen molar-refractivity contribution < 1.29 is 9.84 Å². The van der Waals surface area contributed by atoms with E-state index in [1.807, 2.05) is 6.20 Å². The molecule has 1 aliphatic carbocycles. The van der Waals surface area contributed by atoms with E-state index < -0.39 is 0 Å². The van der Waals surface area contributed by atoms with Crippen molar-refractivity contribution in [2.45, 2.75) is 77.1 Å². The number of rotatable bonds is 8. The molecule has 2 fully saturated rings. The van der Waals surface area contributed by atoms with Crippen molar-refractivity contribution in [2.75, 3.05) is 31.6 Å². The maximum Gasteiger partial charge on any atom is 0.224 e. The van der Waals surface area contributed by atoms with E-state index in [0.29, 0.717) is 18.0 Å². The summed E-state index contributed by atoms with van der Waals surface area (Å²) in [5.74, 6) is 0.695.